The predicted molar refractivity (Wildman–Crippen MR) is 194 cm³/mol. The number of imidazole rings is 2. The number of nitrogens with one attached hydrogen (secondary N) is 4. The smallest absolute Gasteiger partial charge is 0.323 e. The fourth-order valence-electron chi connectivity index (χ4n) is 5.12. The van der Waals surface area contributed by atoms with E-state index in [0.717, 1.165) is 0 Å². The van der Waals surface area contributed by atoms with Crippen molar-refractivity contribution in [2.75, 3.05) is 77.4 Å². The van der Waals surface area contributed by atoms with Crippen LogP contribution in [0.2, 0.25) is 0 Å². The summed E-state index contributed by atoms with van der Waals surface area (Å²) in [7, 11) is 0. The molecule has 298 valence electrons. The lowest BCUT2D eigenvalue weighted by atomic mass is 10.0. The number of nitrogen functional groups attached to an aromatic ring is 2. The van der Waals surface area contributed by atoms with Gasteiger partial charge in [0.15, 0.2) is 22.3 Å². The van der Waals surface area contributed by atoms with Crippen molar-refractivity contribution in [1.29, 1.82) is 0 Å². The highest BCUT2D eigenvalue weighted by Gasteiger charge is 2.24. The highest BCUT2D eigenvalue weighted by molar-refractivity contribution is 5.76. The van der Waals surface area contributed by atoms with Gasteiger partial charge in [-0.1, -0.05) is 27.7 Å². The summed E-state index contributed by atoms with van der Waals surface area (Å²) in [5.41, 5.74) is 11.2. The maximum atomic E-state index is 12.7. The molecule has 0 saturated heterocycles. The van der Waals surface area contributed by atoms with E-state index in [9.17, 15) is 19.2 Å². The van der Waals surface area contributed by atoms with Crippen LogP contribution in [-0.4, -0.2) is 129 Å². The summed E-state index contributed by atoms with van der Waals surface area (Å²) in [6.07, 6.45) is 2.84. The summed E-state index contributed by atoms with van der Waals surface area (Å²) in [6, 6.07) is -1.07. The first-order valence-corrected chi connectivity index (χ1v) is 17.5. The summed E-state index contributed by atoms with van der Waals surface area (Å²) in [6.45, 7) is 10.3. The number of aromatic nitrogens is 8. The van der Waals surface area contributed by atoms with E-state index < -0.39 is 35.1 Å². The van der Waals surface area contributed by atoms with Gasteiger partial charge >= 0.3 is 11.9 Å². The van der Waals surface area contributed by atoms with Crippen LogP contribution in [0.4, 0.5) is 11.9 Å². The Morgan fingerprint density at radius 2 is 1.04 bits per heavy atom. The van der Waals surface area contributed by atoms with Crippen LogP contribution in [0.15, 0.2) is 22.2 Å². The van der Waals surface area contributed by atoms with Crippen LogP contribution in [0.1, 0.15) is 27.7 Å². The second-order valence-electron chi connectivity index (χ2n) is 12.7. The lowest BCUT2D eigenvalue weighted by Crippen LogP contribution is -2.44. The Kier molecular flexibility index (Phi) is 16.3. The van der Waals surface area contributed by atoms with E-state index in [4.69, 9.17) is 39.9 Å². The summed E-state index contributed by atoms with van der Waals surface area (Å²) >= 11 is 0. The number of fused-ring (bicyclic) bond motifs is 2. The van der Waals surface area contributed by atoms with Crippen molar-refractivity contribution < 1.29 is 38.0 Å². The monoisotopic (exact) mass is 762 g/mol. The van der Waals surface area contributed by atoms with E-state index in [1.54, 1.807) is 0 Å². The number of carbonyl (C=O) groups excluding carboxylic acids is 2. The molecule has 0 radical (unpaired) electrons. The average molecular weight is 763 g/mol. The first-order chi connectivity index (χ1) is 26.0. The second kappa shape index (κ2) is 21.0. The standard InChI is InChI=1S/C32H50N12O10/c1-19(2)21(29(47)53-13-11-51-17-43-15-37-23-25(43)39-31(33)41-27(23)45)35-5-7-49-9-10-50-8-6-36-22(20(3)4)30(48)54-14-12-52-18-44-16-38-24-26(44)40-32(34)42-28(24)46/h15-16,19-22,35-36H,5-14,17-18H2,1-4H3,(H3,33,39,41,45)(H3,34,40,42,46). The number of aromatic amines is 2. The Morgan fingerprint density at radius 1 is 0.648 bits per heavy atom. The molecule has 0 fully saturated rings. The fraction of sp³-hybridized carbons (Fsp3) is 0.625. The number of ether oxygens (including phenoxy) is 6. The molecule has 8 N–H and O–H groups in total. The number of carbonyl (C=O) groups is 2. The third kappa shape index (κ3) is 12.3. The molecule has 54 heavy (non-hydrogen) atoms. The average Bonchev–Trinajstić information content (AvgIpc) is 3.72. The van der Waals surface area contributed by atoms with Crippen molar-refractivity contribution >= 4 is 46.2 Å². The van der Waals surface area contributed by atoms with Gasteiger partial charge in [-0.3, -0.25) is 38.3 Å². The number of H-pyrrole nitrogens is 2. The Bertz CT molecular complexity index is 1770. The zero-order valence-electron chi connectivity index (χ0n) is 30.9. The number of hydrogen-bond acceptors (Lipinski definition) is 18. The van der Waals surface area contributed by atoms with Crippen molar-refractivity contribution in [3.8, 4) is 0 Å². The molecular weight excluding hydrogens is 712 g/mol. The largest absolute Gasteiger partial charge is 0.462 e. The van der Waals surface area contributed by atoms with Gasteiger partial charge < -0.3 is 50.5 Å². The van der Waals surface area contributed by atoms with E-state index in [1.165, 1.54) is 21.8 Å². The van der Waals surface area contributed by atoms with Gasteiger partial charge in [-0.25, -0.2) is 9.97 Å². The van der Waals surface area contributed by atoms with Gasteiger partial charge in [-0.2, -0.15) is 9.97 Å². The van der Waals surface area contributed by atoms with E-state index in [1.807, 2.05) is 27.7 Å². The van der Waals surface area contributed by atoms with Crippen molar-refractivity contribution in [2.24, 2.45) is 11.8 Å². The van der Waals surface area contributed by atoms with Crippen LogP contribution in [0.5, 0.6) is 0 Å². The minimum Gasteiger partial charge on any atom is -0.462 e. The van der Waals surface area contributed by atoms with E-state index in [2.05, 4.69) is 40.5 Å². The number of hydrogen-bond donors (Lipinski definition) is 6. The molecule has 0 aliphatic heterocycles. The molecule has 4 rings (SSSR count). The first kappa shape index (κ1) is 41.8. The summed E-state index contributed by atoms with van der Waals surface area (Å²) in [5.74, 6) is -0.910. The zero-order valence-corrected chi connectivity index (χ0v) is 30.9. The number of rotatable bonds is 25. The van der Waals surface area contributed by atoms with Crippen molar-refractivity contribution in [1.82, 2.24) is 49.7 Å². The quantitative estimate of drug-likeness (QED) is 0.0338. The van der Waals surface area contributed by atoms with Gasteiger partial charge in [-0.15, -0.1) is 0 Å². The first-order valence-electron chi connectivity index (χ1n) is 17.5. The van der Waals surface area contributed by atoms with Gasteiger partial charge in [0.2, 0.25) is 11.9 Å². The molecule has 0 aliphatic rings. The van der Waals surface area contributed by atoms with Gasteiger partial charge in [-0.05, 0) is 11.8 Å². The number of nitrogens with two attached hydrogens (primary N) is 2. The molecule has 2 atom stereocenters. The number of anilines is 2. The van der Waals surface area contributed by atoms with Crippen molar-refractivity contribution in [2.45, 2.75) is 53.2 Å². The molecule has 0 spiro atoms. The predicted octanol–water partition coefficient (Wildman–Crippen LogP) is -1.29. The molecule has 22 heteroatoms. The SMILES string of the molecule is CC(C)C(NCCOCCOCCNC(C(=O)OCCOCn1cnc2c(=O)[nH]c(N)nc21)C(C)C)C(=O)OCCOCn1cnc2c(=O)[nH]c(N)nc21. The Labute approximate surface area is 309 Å². The maximum Gasteiger partial charge on any atom is 0.323 e. The maximum absolute atomic E-state index is 12.7. The van der Waals surface area contributed by atoms with Gasteiger partial charge in [0.05, 0.1) is 52.3 Å². The lowest BCUT2D eigenvalue weighted by Gasteiger charge is -2.21. The minimum atomic E-state index is -0.533. The highest BCUT2D eigenvalue weighted by Crippen LogP contribution is 2.09. The molecule has 4 aromatic heterocycles. The van der Waals surface area contributed by atoms with Crippen LogP contribution >= 0.6 is 0 Å². The zero-order chi connectivity index (χ0) is 39.0. The molecule has 0 aromatic carbocycles. The summed E-state index contributed by atoms with van der Waals surface area (Å²) in [4.78, 5) is 70.1. The molecular formula is C32H50N12O10. The Hall–Kier alpha value is -5.00. The molecule has 4 heterocycles. The third-order valence-electron chi connectivity index (χ3n) is 7.83. The van der Waals surface area contributed by atoms with Gasteiger partial charge in [0, 0.05) is 13.1 Å². The fourth-order valence-corrected chi connectivity index (χ4v) is 5.12. The van der Waals surface area contributed by atoms with Crippen LogP contribution in [0.25, 0.3) is 22.3 Å². The molecule has 2 unspecified atom stereocenters. The second-order valence-corrected chi connectivity index (χ2v) is 12.7. The molecule has 0 saturated carbocycles. The number of nitrogens with zero attached hydrogens (tertiary/aromatic N) is 6. The van der Waals surface area contributed by atoms with E-state index in [-0.39, 0.29) is 74.7 Å². The Morgan fingerprint density at radius 3 is 1.43 bits per heavy atom. The number of esters is 2. The Balaban J connectivity index is 1.00. The lowest BCUT2D eigenvalue weighted by molar-refractivity contribution is -0.150. The van der Waals surface area contributed by atoms with Crippen molar-refractivity contribution in [3.63, 3.8) is 0 Å². The highest BCUT2D eigenvalue weighted by atomic mass is 16.6. The van der Waals surface area contributed by atoms with E-state index in [0.29, 0.717) is 50.8 Å². The van der Waals surface area contributed by atoms with Crippen LogP contribution in [0, 0.1) is 11.8 Å². The van der Waals surface area contributed by atoms with Crippen LogP contribution in [-0.2, 0) is 51.5 Å². The normalized spacial score (nSPS) is 12.9. The molecule has 0 aliphatic carbocycles. The topological polar surface area (TPSA) is 293 Å². The minimum absolute atomic E-state index is 0.0250. The molecule has 0 bridgehead atoms. The van der Waals surface area contributed by atoms with Gasteiger partial charge in [0.1, 0.15) is 38.8 Å². The van der Waals surface area contributed by atoms with Crippen LogP contribution in [0.3, 0.4) is 0 Å². The van der Waals surface area contributed by atoms with Crippen molar-refractivity contribution in [3.05, 3.63) is 33.4 Å². The summed E-state index contributed by atoms with van der Waals surface area (Å²) < 4.78 is 36.2. The van der Waals surface area contributed by atoms with E-state index >= 15 is 0 Å². The molecule has 22 nitrogen and oxygen atoms in total. The molecule has 4 aromatic rings. The van der Waals surface area contributed by atoms with Crippen LogP contribution < -0.4 is 33.2 Å². The molecule has 0 amide bonds. The summed E-state index contributed by atoms with van der Waals surface area (Å²) in [5, 5.41) is 6.33. The third-order valence-corrected chi connectivity index (χ3v) is 7.83. The van der Waals surface area contributed by atoms with Gasteiger partial charge in [0.25, 0.3) is 11.1 Å².